The lowest BCUT2D eigenvalue weighted by atomic mass is 11.5. The molecule has 0 aromatic heterocycles. The zero-order valence-electron chi connectivity index (χ0n) is 4.66. The van der Waals surface area contributed by atoms with Crippen LogP contribution in [0.3, 0.4) is 0 Å². The summed E-state index contributed by atoms with van der Waals surface area (Å²) >= 11 is -2.35. The monoisotopic (exact) mass is 172 g/mol. The molecular formula is C2H6NO4S2-. The van der Waals surface area contributed by atoms with Gasteiger partial charge in [-0.1, -0.05) is 0 Å². The number of rotatable bonds is 3. The molecule has 0 aliphatic heterocycles. The third kappa shape index (κ3) is 8.02. The molecule has 0 aliphatic rings. The molecule has 0 heterocycles. The Morgan fingerprint density at radius 1 is 1.67 bits per heavy atom. The van der Waals surface area contributed by atoms with Crippen molar-refractivity contribution in [1.29, 1.82) is 0 Å². The van der Waals surface area contributed by atoms with E-state index in [4.69, 9.17) is 0 Å². The van der Waals surface area contributed by atoms with Crippen LogP contribution in [0.4, 0.5) is 0 Å². The van der Waals surface area contributed by atoms with E-state index < -0.39 is 27.0 Å². The Morgan fingerprint density at radius 2 is 2.11 bits per heavy atom. The highest BCUT2D eigenvalue weighted by molar-refractivity contribution is 7.89. The smallest absolute Gasteiger partial charge is 0.209 e. The Hall–Kier alpha value is 0.0200. The van der Waals surface area contributed by atoms with Gasteiger partial charge in [-0.05, 0) is 11.1 Å². The molecule has 9 heavy (non-hydrogen) atoms. The van der Waals surface area contributed by atoms with Gasteiger partial charge in [0.25, 0.3) is 0 Å². The molecule has 56 valence electrons. The highest BCUT2D eigenvalue weighted by atomic mass is 32.2. The molecule has 0 bridgehead atoms. The van der Waals surface area contributed by atoms with Gasteiger partial charge in [-0.15, -0.1) is 0 Å². The minimum Gasteiger partial charge on any atom is -0.771 e. The van der Waals surface area contributed by atoms with Crippen LogP contribution in [0.25, 0.3) is 0 Å². The van der Waals surface area contributed by atoms with Crippen LogP contribution in [0.2, 0.25) is 0 Å². The normalized spacial score (nSPS) is 15.3. The summed E-state index contributed by atoms with van der Waals surface area (Å²) in [6.07, 6.45) is 0.889. The van der Waals surface area contributed by atoms with E-state index in [-0.39, 0.29) is 0 Å². The first kappa shape index (κ1) is 9.02. The van der Waals surface area contributed by atoms with Crippen LogP contribution in [-0.4, -0.2) is 29.3 Å². The fraction of sp³-hybridized carbons (Fsp3) is 1.00. The van der Waals surface area contributed by atoms with Crippen molar-refractivity contribution in [3.8, 4) is 0 Å². The van der Waals surface area contributed by atoms with Gasteiger partial charge in [0.1, 0.15) is 0 Å². The fourth-order valence-corrected chi connectivity index (χ4v) is 1.40. The summed E-state index contributed by atoms with van der Waals surface area (Å²) in [5, 5.41) is 0. The first-order chi connectivity index (χ1) is 3.92. The van der Waals surface area contributed by atoms with E-state index >= 15 is 0 Å². The van der Waals surface area contributed by atoms with E-state index in [1.54, 1.807) is 4.72 Å². The van der Waals surface area contributed by atoms with Crippen LogP contribution in [-0.2, 0) is 21.1 Å². The predicted molar refractivity (Wildman–Crippen MR) is 31.8 cm³/mol. The van der Waals surface area contributed by atoms with Crippen LogP contribution >= 0.6 is 0 Å². The fourth-order valence-electron chi connectivity index (χ4n) is 0.155. The van der Waals surface area contributed by atoms with Gasteiger partial charge in [-0.3, -0.25) is 4.21 Å². The Morgan fingerprint density at radius 3 is 2.22 bits per heavy atom. The maximum Gasteiger partial charge on any atom is 0.209 e. The molecule has 0 spiro atoms. The third-order valence-electron chi connectivity index (χ3n) is 0.439. The molecule has 5 nitrogen and oxygen atoms in total. The van der Waals surface area contributed by atoms with Gasteiger partial charge in [0.2, 0.25) is 10.0 Å². The van der Waals surface area contributed by atoms with Crippen LogP contribution in [0.5, 0.6) is 0 Å². The van der Waals surface area contributed by atoms with E-state index in [1.807, 2.05) is 0 Å². The maximum absolute atomic E-state index is 10.2. The van der Waals surface area contributed by atoms with Crippen molar-refractivity contribution in [2.45, 2.75) is 0 Å². The van der Waals surface area contributed by atoms with Gasteiger partial charge in [0.15, 0.2) is 0 Å². The van der Waals surface area contributed by atoms with Crippen molar-refractivity contribution >= 4 is 21.1 Å². The van der Waals surface area contributed by atoms with Crippen molar-refractivity contribution in [1.82, 2.24) is 4.72 Å². The summed E-state index contributed by atoms with van der Waals surface area (Å²) in [5.41, 5.74) is 0. The number of hydrogen-bond acceptors (Lipinski definition) is 4. The van der Waals surface area contributed by atoms with E-state index in [2.05, 4.69) is 0 Å². The zero-order valence-corrected chi connectivity index (χ0v) is 6.29. The van der Waals surface area contributed by atoms with E-state index in [1.165, 1.54) is 0 Å². The molecule has 0 saturated heterocycles. The Bertz CT molecular complexity index is 195. The summed E-state index contributed by atoms with van der Waals surface area (Å²) in [6, 6.07) is 0. The van der Waals surface area contributed by atoms with Crippen LogP contribution in [0.15, 0.2) is 0 Å². The molecule has 1 N–H and O–H groups in total. The largest absolute Gasteiger partial charge is 0.771 e. The highest BCUT2D eigenvalue weighted by Crippen LogP contribution is 1.73. The van der Waals surface area contributed by atoms with E-state index in [0.29, 0.717) is 0 Å². The second kappa shape index (κ2) is 3.25. The average Bonchev–Trinajstić information content (AvgIpc) is 1.59. The summed E-state index contributed by atoms with van der Waals surface area (Å²) < 4.78 is 41.5. The summed E-state index contributed by atoms with van der Waals surface area (Å²) in [7, 11) is -3.36. The number of nitrogens with one attached hydrogen (secondary N) is 1. The molecule has 0 aliphatic carbocycles. The standard InChI is InChI=1S/C2H7NO4S2/c1-9(6,7)3-2-8(4)5/h3H,2H2,1H3,(H,4,5)/p-1. The van der Waals surface area contributed by atoms with Crippen molar-refractivity contribution in [2.24, 2.45) is 0 Å². The van der Waals surface area contributed by atoms with Crippen molar-refractivity contribution < 1.29 is 17.2 Å². The van der Waals surface area contributed by atoms with E-state index in [0.717, 1.165) is 6.26 Å². The lowest BCUT2D eigenvalue weighted by Crippen LogP contribution is -2.25. The quantitative estimate of drug-likeness (QED) is 0.518. The summed E-state index contributed by atoms with van der Waals surface area (Å²) in [4.78, 5) is 0. The summed E-state index contributed by atoms with van der Waals surface area (Å²) in [6.45, 7) is 0. The lowest BCUT2D eigenvalue weighted by Gasteiger charge is -2.03. The van der Waals surface area contributed by atoms with Crippen molar-refractivity contribution in [3.05, 3.63) is 0 Å². The minimum absolute atomic E-state index is 0.557. The molecule has 0 saturated carbocycles. The van der Waals surface area contributed by atoms with Crippen molar-refractivity contribution in [3.63, 3.8) is 0 Å². The summed E-state index contributed by atoms with van der Waals surface area (Å²) in [5.74, 6) is -0.557. The first-order valence-electron chi connectivity index (χ1n) is 1.92. The SMILES string of the molecule is CS(=O)(=O)NCS(=O)[O-]. The zero-order chi connectivity index (χ0) is 7.49. The number of hydrogen-bond donors (Lipinski definition) is 1. The molecule has 0 radical (unpaired) electrons. The highest BCUT2D eigenvalue weighted by Gasteiger charge is 1.96. The second-order valence-electron chi connectivity index (χ2n) is 1.36. The van der Waals surface area contributed by atoms with Gasteiger partial charge in [-0.2, -0.15) is 0 Å². The Kier molecular flexibility index (Phi) is 3.26. The lowest BCUT2D eigenvalue weighted by molar-refractivity contribution is 0.532. The molecule has 0 aromatic carbocycles. The molecule has 0 rings (SSSR count). The molecule has 0 fully saturated rings. The molecule has 1 unspecified atom stereocenters. The molecule has 0 amide bonds. The van der Waals surface area contributed by atoms with Gasteiger partial charge in [0.05, 0.1) is 12.1 Å². The van der Waals surface area contributed by atoms with Gasteiger partial charge >= 0.3 is 0 Å². The van der Waals surface area contributed by atoms with Gasteiger partial charge in [-0.25, -0.2) is 13.1 Å². The first-order valence-corrected chi connectivity index (χ1v) is 5.06. The third-order valence-corrected chi connectivity index (χ3v) is 1.67. The van der Waals surface area contributed by atoms with Crippen molar-refractivity contribution in [2.75, 3.05) is 12.1 Å². The predicted octanol–water partition coefficient (Wildman–Crippen LogP) is -1.63. The molecule has 0 aromatic rings. The van der Waals surface area contributed by atoms with Crippen LogP contribution in [0, 0.1) is 0 Å². The number of sulfonamides is 1. The average molecular weight is 172 g/mol. The molecule has 1 atom stereocenters. The van der Waals surface area contributed by atoms with Gasteiger partial charge in [0, 0.05) is 0 Å². The molecule has 7 heteroatoms. The second-order valence-corrected chi connectivity index (χ2v) is 4.09. The van der Waals surface area contributed by atoms with E-state index in [9.17, 15) is 17.2 Å². The minimum atomic E-state index is -3.36. The Balaban J connectivity index is 3.67. The Labute approximate surface area is 55.8 Å². The van der Waals surface area contributed by atoms with Crippen LogP contribution < -0.4 is 4.72 Å². The molecular weight excluding hydrogens is 166 g/mol. The van der Waals surface area contributed by atoms with Gasteiger partial charge < -0.3 is 4.55 Å². The topological polar surface area (TPSA) is 86.3 Å². The maximum atomic E-state index is 10.2. The van der Waals surface area contributed by atoms with Crippen LogP contribution in [0.1, 0.15) is 0 Å².